The van der Waals surface area contributed by atoms with Crippen LogP contribution in [0.4, 0.5) is 13.2 Å². The Labute approximate surface area is 214 Å². The SMILES string of the molecule is FC(F)(F)Oc1cc(Br)cc(CNCCCCOCCOc2nc3ccccc3c3cnccc23)c1. The van der Waals surface area contributed by atoms with Crippen LogP contribution in [0.25, 0.3) is 21.7 Å². The first-order valence-corrected chi connectivity index (χ1v) is 12.3. The number of nitrogens with one attached hydrogen (secondary N) is 1. The molecule has 1 N–H and O–H groups in total. The summed E-state index contributed by atoms with van der Waals surface area (Å²) in [5, 5.41) is 6.17. The molecule has 10 heteroatoms. The molecule has 0 saturated heterocycles. The van der Waals surface area contributed by atoms with Crippen molar-refractivity contribution < 1.29 is 27.4 Å². The predicted molar refractivity (Wildman–Crippen MR) is 135 cm³/mol. The average molecular weight is 564 g/mol. The summed E-state index contributed by atoms with van der Waals surface area (Å²) in [6.45, 7) is 2.55. The van der Waals surface area contributed by atoms with Gasteiger partial charge in [0.25, 0.3) is 0 Å². The molecular formula is C26H25BrF3N3O3. The maximum absolute atomic E-state index is 12.4. The Hall–Kier alpha value is -2.95. The van der Waals surface area contributed by atoms with Crippen molar-refractivity contribution in [1.82, 2.24) is 15.3 Å². The Morgan fingerprint density at radius 2 is 1.78 bits per heavy atom. The molecule has 2 aromatic heterocycles. The van der Waals surface area contributed by atoms with Gasteiger partial charge in [0.1, 0.15) is 12.4 Å². The topological polar surface area (TPSA) is 65.5 Å². The number of unbranched alkanes of at least 4 members (excludes halogenated alkanes) is 1. The third-order valence-corrected chi connectivity index (χ3v) is 5.78. The number of alkyl halides is 3. The van der Waals surface area contributed by atoms with Gasteiger partial charge in [-0.15, -0.1) is 13.2 Å². The number of hydrogen-bond donors (Lipinski definition) is 1. The number of aromatic nitrogens is 2. The van der Waals surface area contributed by atoms with E-state index in [9.17, 15) is 13.2 Å². The highest BCUT2D eigenvalue weighted by Crippen LogP contribution is 2.30. The fraction of sp³-hybridized carbons (Fsp3) is 0.308. The van der Waals surface area contributed by atoms with E-state index in [4.69, 9.17) is 9.47 Å². The van der Waals surface area contributed by atoms with Crippen LogP contribution in [0, 0.1) is 0 Å². The van der Waals surface area contributed by atoms with Gasteiger partial charge in [0, 0.05) is 46.2 Å². The van der Waals surface area contributed by atoms with Crippen LogP contribution in [0.5, 0.6) is 11.6 Å². The van der Waals surface area contributed by atoms with E-state index in [1.165, 1.54) is 12.1 Å². The number of halogens is 4. The molecule has 36 heavy (non-hydrogen) atoms. The second kappa shape index (κ2) is 12.3. The van der Waals surface area contributed by atoms with Crippen LogP contribution >= 0.6 is 15.9 Å². The number of rotatable bonds is 12. The molecule has 0 aliphatic heterocycles. The first-order chi connectivity index (χ1) is 17.4. The molecular weight excluding hydrogens is 539 g/mol. The summed E-state index contributed by atoms with van der Waals surface area (Å²) < 4.78 is 53.4. The molecule has 0 atom stereocenters. The minimum Gasteiger partial charge on any atom is -0.475 e. The molecule has 6 nitrogen and oxygen atoms in total. The van der Waals surface area contributed by atoms with Crippen LogP contribution in [0.3, 0.4) is 0 Å². The first-order valence-electron chi connectivity index (χ1n) is 11.5. The third kappa shape index (κ3) is 7.52. The second-order valence-electron chi connectivity index (χ2n) is 8.04. The molecule has 0 unspecified atom stereocenters. The van der Waals surface area contributed by atoms with Crippen LogP contribution in [0.15, 0.2) is 65.4 Å². The maximum Gasteiger partial charge on any atom is 0.573 e. The number of nitrogens with zero attached hydrogens (tertiary/aromatic N) is 2. The number of fused-ring (bicyclic) bond motifs is 3. The minimum absolute atomic E-state index is 0.243. The fourth-order valence-electron chi connectivity index (χ4n) is 3.78. The number of pyridine rings is 2. The third-order valence-electron chi connectivity index (χ3n) is 5.32. The summed E-state index contributed by atoms with van der Waals surface area (Å²) in [4.78, 5) is 8.88. The van der Waals surface area contributed by atoms with Crippen molar-refractivity contribution in [3.05, 3.63) is 71.0 Å². The molecule has 4 aromatic rings. The largest absolute Gasteiger partial charge is 0.573 e. The van der Waals surface area contributed by atoms with Gasteiger partial charge < -0.3 is 19.5 Å². The Bertz CT molecular complexity index is 1300. The lowest BCUT2D eigenvalue weighted by Gasteiger charge is -2.12. The molecule has 0 radical (unpaired) electrons. The van der Waals surface area contributed by atoms with Gasteiger partial charge in [-0.1, -0.05) is 34.1 Å². The molecule has 0 spiro atoms. The zero-order valence-electron chi connectivity index (χ0n) is 19.4. The van der Waals surface area contributed by atoms with E-state index < -0.39 is 6.36 Å². The quantitative estimate of drug-likeness (QED) is 0.159. The predicted octanol–water partition coefficient (Wildman–Crippen LogP) is 6.41. The van der Waals surface area contributed by atoms with Crippen LogP contribution < -0.4 is 14.8 Å². The highest BCUT2D eigenvalue weighted by molar-refractivity contribution is 9.10. The molecule has 0 aliphatic carbocycles. The number of hydrogen-bond acceptors (Lipinski definition) is 6. The van der Waals surface area contributed by atoms with Crippen molar-refractivity contribution in [2.24, 2.45) is 0 Å². The summed E-state index contributed by atoms with van der Waals surface area (Å²) in [5.74, 6) is 0.322. The first kappa shape index (κ1) is 26.1. The Kier molecular flexibility index (Phi) is 8.95. The van der Waals surface area contributed by atoms with Crippen LogP contribution in [-0.4, -0.2) is 42.7 Å². The van der Waals surface area contributed by atoms with Crippen molar-refractivity contribution in [1.29, 1.82) is 0 Å². The molecule has 4 rings (SSSR count). The van der Waals surface area contributed by atoms with Gasteiger partial charge in [0.15, 0.2) is 0 Å². The molecule has 0 saturated carbocycles. The van der Waals surface area contributed by atoms with Gasteiger partial charge in [-0.05, 0) is 55.3 Å². The van der Waals surface area contributed by atoms with Crippen molar-refractivity contribution in [3.63, 3.8) is 0 Å². The van der Waals surface area contributed by atoms with E-state index in [2.05, 4.69) is 36.0 Å². The molecule has 190 valence electrons. The summed E-state index contributed by atoms with van der Waals surface area (Å²) in [5.41, 5.74) is 1.55. The minimum atomic E-state index is -4.71. The smallest absolute Gasteiger partial charge is 0.475 e. The monoisotopic (exact) mass is 563 g/mol. The summed E-state index contributed by atoms with van der Waals surface area (Å²) in [6, 6.07) is 14.2. The summed E-state index contributed by atoms with van der Waals surface area (Å²) in [6.07, 6.45) is 0.541. The molecule has 2 heterocycles. The van der Waals surface area contributed by atoms with E-state index >= 15 is 0 Å². The number of ether oxygens (including phenoxy) is 3. The van der Waals surface area contributed by atoms with Crippen molar-refractivity contribution in [2.45, 2.75) is 25.7 Å². The lowest BCUT2D eigenvalue weighted by molar-refractivity contribution is -0.274. The fourth-order valence-corrected chi connectivity index (χ4v) is 4.30. The average Bonchev–Trinajstić information content (AvgIpc) is 2.83. The van der Waals surface area contributed by atoms with Gasteiger partial charge >= 0.3 is 6.36 Å². The Morgan fingerprint density at radius 3 is 2.64 bits per heavy atom. The maximum atomic E-state index is 12.4. The van der Waals surface area contributed by atoms with Crippen molar-refractivity contribution in [2.75, 3.05) is 26.4 Å². The van der Waals surface area contributed by atoms with Gasteiger partial charge in [0.2, 0.25) is 5.88 Å². The number of benzene rings is 2. The van der Waals surface area contributed by atoms with Crippen molar-refractivity contribution in [3.8, 4) is 11.6 Å². The Balaban J connectivity index is 1.13. The number of para-hydroxylation sites is 1. The zero-order chi connectivity index (χ0) is 25.4. The van der Waals surface area contributed by atoms with E-state index in [1.807, 2.05) is 36.5 Å². The molecule has 0 amide bonds. The van der Waals surface area contributed by atoms with Gasteiger partial charge in [-0.2, -0.15) is 0 Å². The van der Waals surface area contributed by atoms with Gasteiger partial charge in [-0.25, -0.2) is 4.98 Å². The van der Waals surface area contributed by atoms with Gasteiger partial charge in [-0.3, -0.25) is 4.98 Å². The highest BCUT2D eigenvalue weighted by atomic mass is 79.9. The van der Waals surface area contributed by atoms with Crippen LogP contribution in [0.1, 0.15) is 18.4 Å². The standard InChI is InChI=1S/C26H25BrF3N3O3/c27-19-13-18(14-20(15-19)36-26(28,29)30)16-31-8-3-4-10-34-11-12-35-25-22-7-9-32-17-23(22)21-5-1-2-6-24(21)33-25/h1-2,5-7,9,13-15,17,31H,3-4,8,10-12,16H2. The zero-order valence-corrected chi connectivity index (χ0v) is 20.9. The van der Waals surface area contributed by atoms with E-state index in [0.29, 0.717) is 48.8 Å². The van der Waals surface area contributed by atoms with Crippen molar-refractivity contribution >= 4 is 37.6 Å². The summed E-state index contributed by atoms with van der Waals surface area (Å²) in [7, 11) is 0. The van der Waals surface area contributed by atoms with Crippen LogP contribution in [-0.2, 0) is 11.3 Å². The second-order valence-corrected chi connectivity index (χ2v) is 8.96. The summed E-state index contributed by atoms with van der Waals surface area (Å²) >= 11 is 3.21. The van der Waals surface area contributed by atoms with Gasteiger partial charge in [0.05, 0.1) is 12.1 Å². The normalized spacial score (nSPS) is 11.8. The highest BCUT2D eigenvalue weighted by Gasteiger charge is 2.31. The Morgan fingerprint density at radius 1 is 0.917 bits per heavy atom. The lowest BCUT2D eigenvalue weighted by Crippen LogP contribution is -2.18. The molecule has 0 fully saturated rings. The molecule has 2 aromatic carbocycles. The lowest BCUT2D eigenvalue weighted by atomic mass is 10.1. The molecule has 0 bridgehead atoms. The molecule has 0 aliphatic rings. The van der Waals surface area contributed by atoms with Crippen LogP contribution in [0.2, 0.25) is 0 Å². The van der Waals surface area contributed by atoms with E-state index in [1.54, 1.807) is 12.3 Å². The van der Waals surface area contributed by atoms with E-state index in [0.717, 1.165) is 34.5 Å². The van der Waals surface area contributed by atoms with E-state index in [-0.39, 0.29) is 5.75 Å².